The Morgan fingerprint density at radius 2 is 1.03 bits per heavy atom. The van der Waals surface area contributed by atoms with Crippen molar-refractivity contribution in [3.8, 4) is 0 Å². The molecule has 2 amide bonds. The fraction of sp³-hybridized carbons (Fsp3) is 0.712. The molecule has 25 heteroatoms. The van der Waals surface area contributed by atoms with Gasteiger partial charge in [-0.15, -0.1) is 0 Å². The number of nitrogens with zero attached hydrogens (tertiary/aromatic N) is 5. The second-order valence-electron chi connectivity index (χ2n) is 22.3. The molecule has 2 aromatic rings. The fourth-order valence-electron chi connectivity index (χ4n) is 11.8. The zero-order valence-corrected chi connectivity index (χ0v) is 44.2. The summed E-state index contributed by atoms with van der Waals surface area (Å²) >= 11 is 0. The molecule has 0 aliphatic carbocycles. The van der Waals surface area contributed by atoms with Crippen LogP contribution in [0, 0.1) is 24.7 Å². The van der Waals surface area contributed by atoms with Crippen molar-refractivity contribution < 1.29 is 86.0 Å². The number of hydrogen-bond acceptors (Lipinski definition) is 11. The molecule has 6 heterocycles. The predicted octanol–water partition coefficient (Wildman–Crippen LogP) is 10.6. The van der Waals surface area contributed by atoms with Crippen molar-refractivity contribution in [1.29, 1.82) is 0 Å². The number of halogens is 12. The number of rotatable bonds is 7. The highest BCUT2D eigenvalue weighted by Crippen LogP contribution is 2.50. The molecule has 2 aromatic carbocycles. The van der Waals surface area contributed by atoms with Crippen LogP contribution in [-0.4, -0.2) is 173 Å². The summed E-state index contributed by atoms with van der Waals surface area (Å²) in [5.74, 6) is 0. The van der Waals surface area contributed by atoms with Crippen molar-refractivity contribution in [2.75, 3.05) is 102 Å². The zero-order valence-electron chi connectivity index (χ0n) is 44.2. The van der Waals surface area contributed by atoms with Crippen molar-refractivity contribution in [3.05, 3.63) is 58.7 Å². The average Bonchev–Trinajstić information content (AvgIpc) is 3.79. The minimum absolute atomic E-state index is 0.0503. The third kappa shape index (κ3) is 15.8. The van der Waals surface area contributed by atoms with E-state index in [0.717, 1.165) is 98.2 Å². The van der Waals surface area contributed by atoms with Crippen LogP contribution in [0.15, 0.2) is 36.4 Å². The van der Waals surface area contributed by atoms with Gasteiger partial charge in [-0.2, -0.15) is 52.7 Å². The largest absolute Gasteiger partial charge is 0.434 e. The summed E-state index contributed by atoms with van der Waals surface area (Å²) in [6, 6.07) is 12.1. The topological polar surface area (TPSA) is 116 Å². The number of aldehydes is 1. The summed E-state index contributed by atoms with van der Waals surface area (Å²) in [4.78, 5) is 43.8. The highest BCUT2D eigenvalue weighted by atomic mass is 19.4. The van der Waals surface area contributed by atoms with E-state index in [2.05, 4.69) is 62.4 Å². The Balaban J connectivity index is 0.000000209. The van der Waals surface area contributed by atoms with Crippen LogP contribution < -0.4 is 15.1 Å². The molecule has 6 saturated heterocycles. The van der Waals surface area contributed by atoms with Crippen molar-refractivity contribution >= 4 is 29.8 Å². The SMILES string of the molecule is CC1(C)CC2(CCN(C(=O)OC(C(F)(F)F)C(F)(F)F)CC2)CN1.Cc1cccc(C=O)c1N1CCOCC1.Cc1cccc(CN2CC3(CCN(C(=O)OC(C(F)(F)F)C(F)(F)F)CC3)CC2(C)C)c1N1CCOCC1. The van der Waals surface area contributed by atoms with Crippen LogP contribution in [0.3, 0.4) is 0 Å². The van der Waals surface area contributed by atoms with Gasteiger partial charge in [0.1, 0.15) is 0 Å². The summed E-state index contributed by atoms with van der Waals surface area (Å²) in [6.07, 6.45) is -29.6. The van der Waals surface area contributed by atoms with E-state index >= 15 is 0 Å². The van der Waals surface area contributed by atoms with E-state index in [1.165, 1.54) is 16.8 Å². The van der Waals surface area contributed by atoms with Gasteiger partial charge in [0.15, 0.2) is 6.29 Å². The molecule has 8 rings (SSSR count). The number of benzene rings is 2. The van der Waals surface area contributed by atoms with E-state index < -0.39 is 49.1 Å². The number of ether oxygens (including phenoxy) is 4. The first-order valence-corrected chi connectivity index (χ1v) is 25.7. The van der Waals surface area contributed by atoms with Gasteiger partial charge in [0.05, 0.1) is 32.1 Å². The number of likely N-dealkylation sites (tertiary alicyclic amines) is 3. The molecule has 0 unspecified atom stereocenters. The second-order valence-corrected chi connectivity index (χ2v) is 22.3. The summed E-state index contributed by atoms with van der Waals surface area (Å²) in [5, 5.41) is 3.34. The lowest BCUT2D eigenvalue weighted by molar-refractivity contribution is -0.309. The van der Waals surface area contributed by atoms with Gasteiger partial charge < -0.3 is 43.9 Å². The molecule has 0 radical (unpaired) electrons. The molecule has 6 aliphatic rings. The molecule has 1 N–H and O–H groups in total. The monoisotopic (exact) mass is 1120 g/mol. The molecular formula is C52H70F12N6O7. The number of carbonyl (C=O) groups excluding carboxylic acids is 3. The van der Waals surface area contributed by atoms with Gasteiger partial charge in [-0.1, -0.05) is 30.3 Å². The maximum absolute atomic E-state index is 12.8. The van der Waals surface area contributed by atoms with Gasteiger partial charge in [0.2, 0.25) is 0 Å². The Morgan fingerprint density at radius 1 is 0.610 bits per heavy atom. The Bertz CT molecular complexity index is 2290. The molecular weight excluding hydrogens is 1050 g/mol. The van der Waals surface area contributed by atoms with Gasteiger partial charge >= 0.3 is 36.9 Å². The lowest BCUT2D eigenvalue weighted by atomic mass is 9.74. The molecule has 0 saturated carbocycles. The summed E-state index contributed by atoms with van der Waals surface area (Å²) in [7, 11) is 0. The van der Waals surface area contributed by atoms with Crippen molar-refractivity contribution in [3.63, 3.8) is 0 Å². The molecule has 6 fully saturated rings. The first-order chi connectivity index (χ1) is 35.7. The number of para-hydroxylation sites is 2. The number of amides is 2. The Morgan fingerprint density at radius 3 is 1.44 bits per heavy atom. The third-order valence-corrected chi connectivity index (χ3v) is 15.5. The van der Waals surface area contributed by atoms with Gasteiger partial charge in [-0.25, -0.2) is 9.59 Å². The number of piperidine rings is 2. The highest BCUT2D eigenvalue weighted by molar-refractivity contribution is 5.86. The predicted molar refractivity (Wildman–Crippen MR) is 261 cm³/mol. The van der Waals surface area contributed by atoms with Crippen molar-refractivity contribution in [2.24, 2.45) is 10.8 Å². The van der Waals surface area contributed by atoms with Crippen LogP contribution in [-0.2, 0) is 25.5 Å². The van der Waals surface area contributed by atoms with Crippen LogP contribution in [0.5, 0.6) is 0 Å². The fourth-order valence-corrected chi connectivity index (χ4v) is 11.8. The molecule has 13 nitrogen and oxygen atoms in total. The first-order valence-electron chi connectivity index (χ1n) is 25.7. The van der Waals surface area contributed by atoms with E-state index in [4.69, 9.17) is 9.47 Å². The quantitative estimate of drug-likeness (QED) is 0.211. The van der Waals surface area contributed by atoms with Crippen LogP contribution >= 0.6 is 0 Å². The standard InChI is InChI=1S/C26H35F6N3O3.C14H20F6N2O2.C12H15NO2/c1-18-5-4-6-19(20(18)33-11-13-37-14-12-33)15-35-17-24(16-23(35,2)3)7-9-34(10-8-24)22(36)38-21(25(27,28)29)26(30,31)32;1-11(2)7-12(8-21-11)3-5-22(6-4-12)10(23)24-9(13(15,16)17)14(18,19)20;1-10-3-2-4-11(9-14)12(10)13-5-7-15-8-6-13/h4-6,21H,7-17H2,1-3H3;9,21H,3-8H2,1-2H3;2-4,9H,5-8H2,1H3. The minimum atomic E-state index is -5.73. The molecule has 2 spiro atoms. The molecule has 0 bridgehead atoms. The molecule has 6 aliphatic heterocycles. The lowest BCUT2D eigenvalue weighted by Crippen LogP contribution is -2.50. The normalized spacial score (nSPS) is 21.7. The first kappa shape index (κ1) is 61.5. The third-order valence-electron chi connectivity index (χ3n) is 15.5. The van der Waals surface area contributed by atoms with Gasteiger partial charge in [-0.05, 0) is 114 Å². The maximum atomic E-state index is 12.8. The summed E-state index contributed by atoms with van der Waals surface area (Å²) < 4.78 is 170. The van der Waals surface area contributed by atoms with Gasteiger partial charge in [0, 0.05) is 94.3 Å². The number of aryl methyl sites for hydroxylation is 2. The number of anilines is 2. The number of alkyl halides is 12. The zero-order chi connectivity index (χ0) is 57.0. The molecule has 0 atom stereocenters. The van der Waals surface area contributed by atoms with E-state index in [1.807, 2.05) is 45.0 Å². The van der Waals surface area contributed by atoms with Crippen LogP contribution in [0.25, 0.3) is 0 Å². The van der Waals surface area contributed by atoms with Crippen molar-refractivity contribution in [2.45, 2.75) is 135 Å². The summed E-state index contributed by atoms with van der Waals surface area (Å²) in [5.41, 5.74) is 6.11. The van der Waals surface area contributed by atoms with E-state index in [-0.39, 0.29) is 48.1 Å². The van der Waals surface area contributed by atoms with Crippen LogP contribution in [0.4, 0.5) is 73.6 Å². The average molecular weight is 1120 g/mol. The van der Waals surface area contributed by atoms with Crippen molar-refractivity contribution in [1.82, 2.24) is 20.0 Å². The number of hydrogen-bond donors (Lipinski definition) is 1. The number of carbonyl (C=O) groups is 3. The number of nitrogens with one attached hydrogen (secondary N) is 1. The number of morpholine rings is 2. The van der Waals surface area contributed by atoms with E-state index in [0.29, 0.717) is 45.4 Å². The molecule has 0 aromatic heterocycles. The van der Waals surface area contributed by atoms with Gasteiger partial charge in [0.25, 0.3) is 12.2 Å². The lowest BCUT2D eigenvalue weighted by Gasteiger charge is -2.39. The Hall–Kier alpha value is -4.75. The maximum Gasteiger partial charge on any atom is 0.434 e. The van der Waals surface area contributed by atoms with Gasteiger partial charge in [-0.3, -0.25) is 9.69 Å². The highest BCUT2D eigenvalue weighted by Gasteiger charge is 2.62. The van der Waals surface area contributed by atoms with E-state index in [9.17, 15) is 67.1 Å². The smallest absolute Gasteiger partial charge is 0.426 e. The molecule has 434 valence electrons. The van der Waals surface area contributed by atoms with Crippen LogP contribution in [0.1, 0.15) is 93.3 Å². The second kappa shape index (κ2) is 23.9. The van der Waals surface area contributed by atoms with Crippen LogP contribution in [0.2, 0.25) is 0 Å². The minimum Gasteiger partial charge on any atom is -0.426 e. The van der Waals surface area contributed by atoms with E-state index in [1.54, 1.807) is 0 Å². The summed E-state index contributed by atoms with van der Waals surface area (Å²) in [6.45, 7) is 21.2. The Kier molecular flexibility index (Phi) is 19.1. The molecule has 77 heavy (non-hydrogen) atoms. The Labute approximate surface area is 440 Å².